The van der Waals surface area contributed by atoms with E-state index in [4.69, 9.17) is 0 Å². The normalized spacial score (nSPS) is 17.6. The van der Waals surface area contributed by atoms with Crippen molar-refractivity contribution in [1.29, 1.82) is 0 Å². The standard InChI is InChI=1S/C11H20N4/c1-9(2)14-5-4-6-15-11(8-14)10(12-3)7-13-15/h7,9,12H,4-6,8H2,1-3H3. The van der Waals surface area contributed by atoms with Crippen molar-refractivity contribution in [2.75, 3.05) is 18.9 Å². The minimum absolute atomic E-state index is 0.608. The number of aromatic nitrogens is 2. The van der Waals surface area contributed by atoms with Gasteiger partial charge in [0.2, 0.25) is 0 Å². The first-order chi connectivity index (χ1) is 7.22. The van der Waals surface area contributed by atoms with Crippen LogP contribution < -0.4 is 5.32 Å². The molecule has 15 heavy (non-hydrogen) atoms. The summed E-state index contributed by atoms with van der Waals surface area (Å²) >= 11 is 0. The lowest BCUT2D eigenvalue weighted by Gasteiger charge is -2.24. The van der Waals surface area contributed by atoms with Gasteiger partial charge in [-0.15, -0.1) is 0 Å². The Bertz CT molecular complexity index is 329. The third-order valence-electron chi connectivity index (χ3n) is 3.12. The first-order valence-corrected chi connectivity index (χ1v) is 5.69. The number of nitrogens with zero attached hydrogens (tertiary/aromatic N) is 3. The number of fused-ring (bicyclic) bond motifs is 1. The van der Waals surface area contributed by atoms with E-state index in [0.29, 0.717) is 6.04 Å². The SMILES string of the molecule is CNc1cnn2c1CN(C(C)C)CCC2. The molecule has 0 spiro atoms. The molecule has 1 aromatic heterocycles. The van der Waals surface area contributed by atoms with Crippen LogP contribution in [-0.4, -0.2) is 34.3 Å². The molecule has 1 aliphatic rings. The first-order valence-electron chi connectivity index (χ1n) is 5.69. The van der Waals surface area contributed by atoms with E-state index in [2.05, 4.69) is 33.8 Å². The van der Waals surface area contributed by atoms with Gasteiger partial charge < -0.3 is 5.32 Å². The van der Waals surface area contributed by atoms with E-state index in [-0.39, 0.29) is 0 Å². The average molecular weight is 208 g/mol. The topological polar surface area (TPSA) is 33.1 Å². The molecule has 0 bridgehead atoms. The molecule has 0 unspecified atom stereocenters. The average Bonchev–Trinajstić information content (AvgIpc) is 2.46. The van der Waals surface area contributed by atoms with Crippen molar-refractivity contribution in [3.8, 4) is 0 Å². The minimum atomic E-state index is 0.608. The van der Waals surface area contributed by atoms with Crippen LogP contribution in [0.25, 0.3) is 0 Å². The number of anilines is 1. The second-order valence-corrected chi connectivity index (χ2v) is 4.40. The van der Waals surface area contributed by atoms with E-state index in [0.717, 1.165) is 13.1 Å². The van der Waals surface area contributed by atoms with Gasteiger partial charge in [-0.1, -0.05) is 0 Å². The zero-order valence-electron chi connectivity index (χ0n) is 9.82. The zero-order valence-corrected chi connectivity index (χ0v) is 9.82. The van der Waals surface area contributed by atoms with Crippen LogP contribution >= 0.6 is 0 Å². The maximum atomic E-state index is 4.41. The lowest BCUT2D eigenvalue weighted by Crippen LogP contribution is -2.30. The van der Waals surface area contributed by atoms with Gasteiger partial charge in [0.15, 0.2) is 0 Å². The van der Waals surface area contributed by atoms with Gasteiger partial charge in [0.1, 0.15) is 0 Å². The molecule has 1 N–H and O–H groups in total. The molecule has 2 heterocycles. The molecule has 0 radical (unpaired) electrons. The number of aryl methyl sites for hydroxylation is 1. The fourth-order valence-corrected chi connectivity index (χ4v) is 2.11. The lowest BCUT2D eigenvalue weighted by molar-refractivity contribution is 0.216. The molecule has 4 heteroatoms. The van der Waals surface area contributed by atoms with Gasteiger partial charge >= 0.3 is 0 Å². The van der Waals surface area contributed by atoms with E-state index in [9.17, 15) is 0 Å². The van der Waals surface area contributed by atoms with Crippen LogP contribution in [0.4, 0.5) is 5.69 Å². The highest BCUT2D eigenvalue weighted by atomic mass is 15.3. The second kappa shape index (κ2) is 4.23. The Hall–Kier alpha value is -1.03. The largest absolute Gasteiger partial charge is 0.385 e. The molecule has 0 aromatic carbocycles. The van der Waals surface area contributed by atoms with Gasteiger partial charge in [0.25, 0.3) is 0 Å². The molecule has 1 aliphatic heterocycles. The van der Waals surface area contributed by atoms with E-state index >= 15 is 0 Å². The molecule has 2 rings (SSSR count). The first kappa shape index (κ1) is 10.5. The molecule has 0 aliphatic carbocycles. The van der Waals surface area contributed by atoms with E-state index in [1.807, 2.05) is 13.2 Å². The Balaban J connectivity index is 2.25. The van der Waals surface area contributed by atoms with Gasteiger partial charge in [-0.3, -0.25) is 9.58 Å². The van der Waals surface area contributed by atoms with E-state index in [1.165, 1.54) is 24.3 Å². The van der Waals surface area contributed by atoms with Crippen LogP contribution in [0.1, 0.15) is 26.0 Å². The summed E-state index contributed by atoms with van der Waals surface area (Å²) in [5.74, 6) is 0. The molecule has 1 aromatic rings. The predicted molar refractivity (Wildman–Crippen MR) is 61.9 cm³/mol. The Labute approximate surface area is 91.3 Å². The maximum absolute atomic E-state index is 4.41. The Morgan fingerprint density at radius 3 is 2.87 bits per heavy atom. The van der Waals surface area contributed by atoms with Crippen LogP contribution in [0.2, 0.25) is 0 Å². The monoisotopic (exact) mass is 208 g/mol. The van der Waals surface area contributed by atoms with Crippen molar-refractivity contribution >= 4 is 5.69 Å². The van der Waals surface area contributed by atoms with E-state index < -0.39 is 0 Å². The summed E-state index contributed by atoms with van der Waals surface area (Å²) in [5.41, 5.74) is 2.49. The third-order valence-corrected chi connectivity index (χ3v) is 3.12. The highest BCUT2D eigenvalue weighted by molar-refractivity contribution is 5.46. The van der Waals surface area contributed by atoms with Crippen molar-refractivity contribution in [2.24, 2.45) is 0 Å². The predicted octanol–water partition coefficient (Wildman–Crippen LogP) is 1.54. The van der Waals surface area contributed by atoms with Gasteiger partial charge in [-0.2, -0.15) is 5.10 Å². The van der Waals surface area contributed by atoms with Crippen LogP contribution in [0.15, 0.2) is 6.20 Å². The van der Waals surface area contributed by atoms with Gasteiger partial charge in [-0.05, 0) is 20.3 Å². The summed E-state index contributed by atoms with van der Waals surface area (Å²) in [5, 5.41) is 7.62. The molecule has 0 atom stereocenters. The molecule has 0 saturated heterocycles. The lowest BCUT2D eigenvalue weighted by atomic mass is 10.2. The Kier molecular flexibility index (Phi) is 2.95. The quantitative estimate of drug-likeness (QED) is 0.800. The molecule has 0 amide bonds. The highest BCUT2D eigenvalue weighted by Crippen LogP contribution is 2.21. The van der Waals surface area contributed by atoms with Gasteiger partial charge in [0, 0.05) is 32.7 Å². The smallest absolute Gasteiger partial charge is 0.0770 e. The Morgan fingerprint density at radius 2 is 2.20 bits per heavy atom. The van der Waals surface area contributed by atoms with Crippen molar-refractivity contribution in [3.05, 3.63) is 11.9 Å². The number of rotatable bonds is 2. The van der Waals surface area contributed by atoms with E-state index in [1.54, 1.807) is 0 Å². The van der Waals surface area contributed by atoms with Crippen LogP contribution in [-0.2, 0) is 13.1 Å². The molecule has 0 fully saturated rings. The summed E-state index contributed by atoms with van der Waals surface area (Å²) in [6, 6.07) is 0.608. The number of nitrogens with one attached hydrogen (secondary N) is 1. The Morgan fingerprint density at radius 1 is 1.40 bits per heavy atom. The number of hydrogen-bond acceptors (Lipinski definition) is 3. The molecular weight excluding hydrogens is 188 g/mol. The summed E-state index contributed by atoms with van der Waals surface area (Å²) in [6.07, 6.45) is 3.12. The van der Waals surface area contributed by atoms with Crippen molar-refractivity contribution in [1.82, 2.24) is 14.7 Å². The summed E-state index contributed by atoms with van der Waals surface area (Å²) in [4.78, 5) is 2.50. The van der Waals surface area contributed by atoms with Crippen molar-refractivity contribution < 1.29 is 0 Å². The third kappa shape index (κ3) is 2.00. The molecule has 0 saturated carbocycles. The van der Waals surface area contributed by atoms with Gasteiger partial charge in [0.05, 0.1) is 17.6 Å². The van der Waals surface area contributed by atoms with Crippen LogP contribution in [0, 0.1) is 0 Å². The summed E-state index contributed by atoms with van der Waals surface area (Å²) in [7, 11) is 1.96. The second-order valence-electron chi connectivity index (χ2n) is 4.40. The molecular formula is C11H20N4. The van der Waals surface area contributed by atoms with Crippen LogP contribution in [0.5, 0.6) is 0 Å². The minimum Gasteiger partial charge on any atom is -0.385 e. The molecule has 4 nitrogen and oxygen atoms in total. The summed E-state index contributed by atoms with van der Waals surface area (Å²) < 4.78 is 2.13. The maximum Gasteiger partial charge on any atom is 0.0770 e. The van der Waals surface area contributed by atoms with Gasteiger partial charge in [-0.25, -0.2) is 0 Å². The zero-order chi connectivity index (χ0) is 10.8. The van der Waals surface area contributed by atoms with Crippen molar-refractivity contribution in [3.63, 3.8) is 0 Å². The van der Waals surface area contributed by atoms with Crippen LogP contribution in [0.3, 0.4) is 0 Å². The fraction of sp³-hybridized carbons (Fsp3) is 0.727. The fourth-order valence-electron chi connectivity index (χ4n) is 2.11. The summed E-state index contributed by atoms with van der Waals surface area (Å²) in [6.45, 7) is 7.73. The van der Waals surface area contributed by atoms with Crippen molar-refractivity contribution in [2.45, 2.75) is 39.4 Å². The number of hydrogen-bond donors (Lipinski definition) is 1. The highest BCUT2D eigenvalue weighted by Gasteiger charge is 2.19. The molecule has 84 valence electrons.